The molecule has 0 spiro atoms. The van der Waals surface area contributed by atoms with Gasteiger partial charge >= 0.3 is 0 Å². The number of benzene rings is 2. The van der Waals surface area contributed by atoms with Gasteiger partial charge in [-0.15, -0.1) is 0 Å². The summed E-state index contributed by atoms with van der Waals surface area (Å²) in [5.74, 6) is -0.484. The number of para-hydroxylation sites is 1. The van der Waals surface area contributed by atoms with Crippen molar-refractivity contribution < 1.29 is 14.0 Å². The number of amides is 2. The van der Waals surface area contributed by atoms with Gasteiger partial charge in [-0.1, -0.05) is 44.2 Å². The van der Waals surface area contributed by atoms with Gasteiger partial charge in [0.15, 0.2) is 0 Å². The molecular formula is C26H30FN3O2. The number of fused-ring (bicyclic) bond motifs is 1. The molecule has 0 atom stereocenters. The summed E-state index contributed by atoms with van der Waals surface area (Å²) in [6.07, 6.45) is 4.60. The van der Waals surface area contributed by atoms with Crippen molar-refractivity contribution in [2.24, 2.45) is 5.92 Å². The second kappa shape index (κ2) is 9.55. The Balaban J connectivity index is 1.51. The zero-order valence-electron chi connectivity index (χ0n) is 18.7. The number of H-pyrrole nitrogens is 1. The minimum absolute atomic E-state index is 0.0270. The fraction of sp³-hybridized carbons (Fsp3) is 0.385. The van der Waals surface area contributed by atoms with Crippen molar-refractivity contribution in [2.45, 2.75) is 45.7 Å². The molecule has 32 heavy (non-hydrogen) atoms. The van der Waals surface area contributed by atoms with Gasteiger partial charge in [-0.05, 0) is 48.6 Å². The molecule has 2 amide bonds. The van der Waals surface area contributed by atoms with Crippen molar-refractivity contribution in [3.05, 3.63) is 71.7 Å². The van der Waals surface area contributed by atoms with E-state index in [1.165, 1.54) is 12.1 Å². The van der Waals surface area contributed by atoms with Gasteiger partial charge in [-0.2, -0.15) is 0 Å². The highest BCUT2D eigenvalue weighted by atomic mass is 19.1. The predicted molar refractivity (Wildman–Crippen MR) is 123 cm³/mol. The number of nitrogens with one attached hydrogen (secondary N) is 1. The Kier molecular flexibility index (Phi) is 6.58. The van der Waals surface area contributed by atoms with Crippen LogP contribution in [0.2, 0.25) is 0 Å². The van der Waals surface area contributed by atoms with E-state index in [2.05, 4.69) is 11.1 Å². The summed E-state index contributed by atoms with van der Waals surface area (Å²) in [5, 5.41) is 1.15. The molecule has 1 saturated carbocycles. The van der Waals surface area contributed by atoms with E-state index in [-0.39, 0.29) is 36.1 Å². The number of hydrogen-bond donors (Lipinski definition) is 1. The van der Waals surface area contributed by atoms with E-state index in [0.717, 1.165) is 34.9 Å². The Morgan fingerprint density at radius 3 is 2.50 bits per heavy atom. The first-order valence-corrected chi connectivity index (χ1v) is 11.3. The summed E-state index contributed by atoms with van der Waals surface area (Å²) in [6, 6.07) is 14.5. The van der Waals surface area contributed by atoms with Crippen LogP contribution in [-0.2, 0) is 22.6 Å². The van der Waals surface area contributed by atoms with Crippen LogP contribution in [0, 0.1) is 11.7 Å². The maximum absolute atomic E-state index is 13.4. The molecule has 0 radical (unpaired) electrons. The number of rotatable bonds is 9. The Morgan fingerprint density at radius 2 is 1.81 bits per heavy atom. The first-order chi connectivity index (χ1) is 15.4. The molecule has 1 aliphatic rings. The minimum Gasteiger partial charge on any atom is -0.361 e. The van der Waals surface area contributed by atoms with Crippen LogP contribution in [0.4, 0.5) is 4.39 Å². The van der Waals surface area contributed by atoms with E-state index < -0.39 is 0 Å². The fourth-order valence-corrected chi connectivity index (χ4v) is 4.05. The molecule has 0 unspecified atom stereocenters. The molecule has 1 heterocycles. The van der Waals surface area contributed by atoms with E-state index in [9.17, 15) is 14.0 Å². The lowest BCUT2D eigenvalue weighted by Crippen LogP contribution is -2.45. The molecule has 1 N–H and O–H groups in total. The van der Waals surface area contributed by atoms with E-state index in [1.54, 1.807) is 21.9 Å². The minimum atomic E-state index is -0.298. The SMILES string of the molecule is CC(C)C(=O)N(CC(=O)N(CCc1c[nH]c2ccccc12)Cc1ccc(F)cc1)C1CC1. The average Bonchev–Trinajstić information content (AvgIpc) is 3.55. The van der Waals surface area contributed by atoms with Crippen molar-refractivity contribution in [3.8, 4) is 0 Å². The highest BCUT2D eigenvalue weighted by molar-refractivity contribution is 5.86. The van der Waals surface area contributed by atoms with Crippen molar-refractivity contribution >= 4 is 22.7 Å². The number of aromatic nitrogens is 1. The highest BCUT2D eigenvalue weighted by Gasteiger charge is 2.35. The molecule has 0 aliphatic heterocycles. The number of carbonyl (C=O) groups is 2. The van der Waals surface area contributed by atoms with Gasteiger partial charge in [-0.3, -0.25) is 9.59 Å². The van der Waals surface area contributed by atoms with Crippen LogP contribution in [0.5, 0.6) is 0 Å². The van der Waals surface area contributed by atoms with E-state index in [1.807, 2.05) is 38.2 Å². The molecule has 1 fully saturated rings. The summed E-state index contributed by atoms with van der Waals surface area (Å²) < 4.78 is 13.4. The second-order valence-electron chi connectivity index (χ2n) is 8.90. The van der Waals surface area contributed by atoms with Crippen molar-refractivity contribution in [2.75, 3.05) is 13.1 Å². The van der Waals surface area contributed by atoms with Gasteiger partial charge in [0, 0.05) is 42.1 Å². The van der Waals surface area contributed by atoms with Crippen LogP contribution < -0.4 is 0 Å². The predicted octanol–water partition coefficient (Wildman–Crippen LogP) is 4.53. The third-order valence-electron chi connectivity index (χ3n) is 6.04. The molecule has 3 aromatic rings. The van der Waals surface area contributed by atoms with Crippen LogP contribution >= 0.6 is 0 Å². The Labute approximate surface area is 188 Å². The van der Waals surface area contributed by atoms with Crippen LogP contribution in [-0.4, -0.2) is 45.7 Å². The zero-order chi connectivity index (χ0) is 22.7. The Morgan fingerprint density at radius 1 is 1.09 bits per heavy atom. The third kappa shape index (κ3) is 5.18. The van der Waals surface area contributed by atoms with Gasteiger partial charge in [0.25, 0.3) is 0 Å². The molecule has 1 aromatic heterocycles. The largest absolute Gasteiger partial charge is 0.361 e. The second-order valence-corrected chi connectivity index (χ2v) is 8.90. The van der Waals surface area contributed by atoms with Crippen molar-refractivity contribution in [1.82, 2.24) is 14.8 Å². The average molecular weight is 436 g/mol. The lowest BCUT2D eigenvalue weighted by Gasteiger charge is -2.29. The number of nitrogens with zero attached hydrogens (tertiary/aromatic N) is 2. The number of carbonyl (C=O) groups excluding carboxylic acids is 2. The molecule has 1 aliphatic carbocycles. The number of aromatic amines is 1. The van der Waals surface area contributed by atoms with Gasteiger partial charge in [0.05, 0.1) is 0 Å². The van der Waals surface area contributed by atoms with Gasteiger partial charge in [0.2, 0.25) is 11.8 Å². The van der Waals surface area contributed by atoms with E-state index in [0.29, 0.717) is 19.5 Å². The normalized spacial score (nSPS) is 13.5. The van der Waals surface area contributed by atoms with Gasteiger partial charge in [0.1, 0.15) is 12.4 Å². The molecule has 0 saturated heterocycles. The standard InChI is InChI=1S/C26H30FN3O2/c1-18(2)26(32)30(22-11-12-22)17-25(31)29(16-19-7-9-21(27)10-8-19)14-13-20-15-28-24-6-4-3-5-23(20)24/h3-10,15,18,22,28H,11-14,16-17H2,1-2H3. The monoisotopic (exact) mass is 435 g/mol. The maximum atomic E-state index is 13.4. The molecule has 4 rings (SSSR count). The van der Waals surface area contributed by atoms with Crippen LogP contribution in [0.15, 0.2) is 54.7 Å². The number of hydrogen-bond acceptors (Lipinski definition) is 2. The third-order valence-corrected chi connectivity index (χ3v) is 6.04. The molecule has 2 aromatic carbocycles. The Hall–Kier alpha value is -3.15. The molecule has 168 valence electrons. The smallest absolute Gasteiger partial charge is 0.242 e. The van der Waals surface area contributed by atoms with E-state index >= 15 is 0 Å². The van der Waals surface area contributed by atoms with Crippen molar-refractivity contribution in [3.63, 3.8) is 0 Å². The highest BCUT2D eigenvalue weighted by Crippen LogP contribution is 2.28. The molecule has 6 heteroatoms. The van der Waals surface area contributed by atoms with Crippen LogP contribution in [0.3, 0.4) is 0 Å². The summed E-state index contributed by atoms with van der Waals surface area (Å²) in [5.41, 5.74) is 3.09. The van der Waals surface area contributed by atoms with E-state index in [4.69, 9.17) is 0 Å². The number of halogens is 1. The summed E-state index contributed by atoms with van der Waals surface area (Å²) in [4.78, 5) is 32.9. The van der Waals surface area contributed by atoms with Crippen LogP contribution in [0.25, 0.3) is 10.9 Å². The van der Waals surface area contributed by atoms with Crippen molar-refractivity contribution in [1.29, 1.82) is 0 Å². The first-order valence-electron chi connectivity index (χ1n) is 11.3. The van der Waals surface area contributed by atoms with Gasteiger partial charge < -0.3 is 14.8 Å². The maximum Gasteiger partial charge on any atom is 0.242 e. The topological polar surface area (TPSA) is 56.4 Å². The lowest BCUT2D eigenvalue weighted by molar-refractivity contribution is -0.143. The fourth-order valence-electron chi connectivity index (χ4n) is 4.05. The van der Waals surface area contributed by atoms with Gasteiger partial charge in [-0.25, -0.2) is 4.39 Å². The Bertz CT molecular complexity index is 1090. The summed E-state index contributed by atoms with van der Waals surface area (Å²) >= 11 is 0. The molecule has 0 bridgehead atoms. The first kappa shape index (κ1) is 22.1. The molecular weight excluding hydrogens is 405 g/mol. The quantitative estimate of drug-likeness (QED) is 0.537. The summed E-state index contributed by atoms with van der Waals surface area (Å²) in [7, 11) is 0. The summed E-state index contributed by atoms with van der Waals surface area (Å²) in [6.45, 7) is 4.74. The molecule has 5 nitrogen and oxygen atoms in total. The zero-order valence-corrected chi connectivity index (χ0v) is 18.7. The van der Waals surface area contributed by atoms with Crippen LogP contribution in [0.1, 0.15) is 37.8 Å². The lowest BCUT2D eigenvalue weighted by atomic mass is 10.1.